The van der Waals surface area contributed by atoms with Gasteiger partial charge in [-0.3, -0.25) is 4.79 Å². The molecular formula is C14H10Cl2FN5O2. The fourth-order valence-electron chi connectivity index (χ4n) is 2.07. The van der Waals surface area contributed by atoms with Crippen LogP contribution in [0.2, 0.25) is 5.02 Å². The summed E-state index contributed by atoms with van der Waals surface area (Å²) in [5.41, 5.74) is 0.896. The van der Waals surface area contributed by atoms with E-state index in [9.17, 15) is 9.18 Å². The maximum atomic E-state index is 14.3. The lowest BCUT2D eigenvalue weighted by atomic mass is 10.2. The van der Waals surface area contributed by atoms with Gasteiger partial charge in [-0.25, -0.2) is 9.07 Å². The molecule has 0 fully saturated rings. The van der Waals surface area contributed by atoms with Gasteiger partial charge in [0, 0.05) is 18.6 Å². The van der Waals surface area contributed by atoms with Crippen molar-refractivity contribution in [3.8, 4) is 11.4 Å². The van der Waals surface area contributed by atoms with Crippen molar-refractivity contribution < 1.29 is 9.13 Å². The van der Waals surface area contributed by atoms with Gasteiger partial charge in [0.1, 0.15) is 23.4 Å². The molecule has 0 unspecified atom stereocenters. The molecule has 0 saturated carbocycles. The Labute approximate surface area is 144 Å². The maximum absolute atomic E-state index is 14.3. The molecule has 0 bridgehead atoms. The first-order valence-corrected chi connectivity index (χ1v) is 7.49. The molecule has 0 amide bonds. The Morgan fingerprint density at radius 1 is 1.42 bits per heavy atom. The molecule has 24 heavy (non-hydrogen) atoms. The summed E-state index contributed by atoms with van der Waals surface area (Å²) in [5.74, 6) is -0.553. The van der Waals surface area contributed by atoms with E-state index in [0.717, 1.165) is 10.7 Å². The number of hydrogen-bond donors (Lipinski definition) is 0. The van der Waals surface area contributed by atoms with E-state index in [0.29, 0.717) is 5.65 Å². The second-order valence-corrected chi connectivity index (χ2v) is 5.38. The van der Waals surface area contributed by atoms with Gasteiger partial charge in [0.05, 0.1) is 11.2 Å². The average Bonchev–Trinajstić information content (AvgIpc) is 2.93. The summed E-state index contributed by atoms with van der Waals surface area (Å²) in [5, 5.41) is 11.9. The number of aromatic nitrogens is 5. The Balaban J connectivity index is 2.13. The molecule has 3 rings (SSSR count). The highest BCUT2D eigenvalue weighted by atomic mass is 35.5. The van der Waals surface area contributed by atoms with Gasteiger partial charge in [0.15, 0.2) is 11.5 Å². The molecular weight excluding hydrogens is 360 g/mol. The van der Waals surface area contributed by atoms with E-state index in [1.165, 1.54) is 28.6 Å². The third-order valence-electron chi connectivity index (χ3n) is 3.21. The molecule has 0 aliphatic heterocycles. The van der Waals surface area contributed by atoms with Gasteiger partial charge in [-0.1, -0.05) is 28.4 Å². The fourth-order valence-corrected chi connectivity index (χ4v) is 2.34. The lowest BCUT2D eigenvalue weighted by Gasteiger charge is -2.10. The first-order chi connectivity index (χ1) is 11.5. The number of ether oxygens (including phenoxy) is 1. The van der Waals surface area contributed by atoms with E-state index < -0.39 is 11.4 Å². The largest absolute Gasteiger partial charge is 0.488 e. The minimum atomic E-state index is -0.736. The van der Waals surface area contributed by atoms with Crippen LogP contribution in [0.5, 0.6) is 5.75 Å². The molecule has 2 heterocycles. The van der Waals surface area contributed by atoms with Gasteiger partial charge in [-0.15, -0.1) is 5.10 Å². The third-order valence-corrected chi connectivity index (χ3v) is 3.69. The van der Waals surface area contributed by atoms with Crippen molar-refractivity contribution in [1.29, 1.82) is 0 Å². The van der Waals surface area contributed by atoms with E-state index in [2.05, 4.69) is 15.4 Å². The molecule has 0 aliphatic carbocycles. The maximum Gasteiger partial charge on any atom is 0.285 e. The van der Waals surface area contributed by atoms with Crippen LogP contribution in [0.4, 0.5) is 4.39 Å². The van der Waals surface area contributed by atoms with Crippen molar-refractivity contribution in [1.82, 2.24) is 24.8 Å². The standard InChI is InChI=1S/C14H10Cl2FN5O2/c1-21-13-8(7-18-21)14(23)22(20-19-13)11-6-12(24-4-2-3-15)9(16)5-10(11)17/h2-3,5-7H,4H2,1H3/b3-2+. The summed E-state index contributed by atoms with van der Waals surface area (Å²) in [4.78, 5) is 12.5. The average molecular weight is 370 g/mol. The molecule has 7 nitrogen and oxygen atoms in total. The lowest BCUT2D eigenvalue weighted by Crippen LogP contribution is -2.23. The monoisotopic (exact) mass is 369 g/mol. The SMILES string of the molecule is Cn1ncc2c(=O)n(-c3cc(OC/C=C/Cl)c(Cl)cc3F)nnc21. The number of halogens is 3. The highest BCUT2D eigenvalue weighted by Gasteiger charge is 2.16. The minimum absolute atomic E-state index is 0.0580. The minimum Gasteiger partial charge on any atom is -0.488 e. The molecule has 0 spiro atoms. The normalized spacial score (nSPS) is 11.5. The van der Waals surface area contributed by atoms with E-state index in [1.807, 2.05) is 0 Å². The molecule has 1 aromatic carbocycles. The summed E-state index contributed by atoms with van der Waals surface area (Å²) in [7, 11) is 1.63. The molecule has 124 valence electrons. The zero-order chi connectivity index (χ0) is 17.3. The van der Waals surface area contributed by atoms with Crippen LogP contribution in [-0.4, -0.2) is 31.4 Å². The Bertz CT molecular complexity index is 999. The van der Waals surface area contributed by atoms with Crippen LogP contribution in [0.3, 0.4) is 0 Å². The Hall–Kier alpha value is -2.45. The number of hydrogen-bond acceptors (Lipinski definition) is 5. The second kappa shape index (κ2) is 6.58. The zero-order valence-corrected chi connectivity index (χ0v) is 13.8. The molecule has 0 radical (unpaired) electrons. The lowest BCUT2D eigenvalue weighted by molar-refractivity contribution is 0.362. The van der Waals surface area contributed by atoms with Crippen molar-refractivity contribution in [3.63, 3.8) is 0 Å². The van der Waals surface area contributed by atoms with Crippen LogP contribution in [-0.2, 0) is 7.05 Å². The van der Waals surface area contributed by atoms with Gasteiger partial charge in [-0.2, -0.15) is 9.78 Å². The highest BCUT2D eigenvalue weighted by molar-refractivity contribution is 6.32. The van der Waals surface area contributed by atoms with Crippen molar-refractivity contribution in [3.05, 3.63) is 51.1 Å². The molecule has 0 N–H and O–H groups in total. The van der Waals surface area contributed by atoms with Crippen LogP contribution in [0.1, 0.15) is 0 Å². The van der Waals surface area contributed by atoms with Crippen LogP contribution < -0.4 is 10.3 Å². The summed E-state index contributed by atoms with van der Waals surface area (Å²) >= 11 is 11.4. The molecule has 0 atom stereocenters. The van der Waals surface area contributed by atoms with E-state index in [-0.39, 0.29) is 28.5 Å². The van der Waals surface area contributed by atoms with Crippen molar-refractivity contribution in [2.75, 3.05) is 6.61 Å². The molecule has 10 heteroatoms. The van der Waals surface area contributed by atoms with Crippen molar-refractivity contribution in [2.45, 2.75) is 0 Å². The molecule has 3 aromatic rings. The van der Waals surface area contributed by atoms with Crippen LogP contribution >= 0.6 is 23.2 Å². The van der Waals surface area contributed by atoms with Gasteiger partial charge < -0.3 is 4.74 Å². The Kier molecular flexibility index (Phi) is 4.50. The number of fused-ring (bicyclic) bond motifs is 1. The summed E-state index contributed by atoms with van der Waals surface area (Å²) < 4.78 is 21.9. The highest BCUT2D eigenvalue weighted by Crippen LogP contribution is 2.29. The smallest absolute Gasteiger partial charge is 0.285 e. The topological polar surface area (TPSA) is 74.8 Å². The molecule has 0 saturated heterocycles. The first-order valence-electron chi connectivity index (χ1n) is 6.68. The predicted molar refractivity (Wildman–Crippen MR) is 87.4 cm³/mol. The summed E-state index contributed by atoms with van der Waals surface area (Å²) in [6, 6.07) is 2.32. The van der Waals surface area contributed by atoms with E-state index in [1.54, 1.807) is 7.05 Å². The first kappa shape index (κ1) is 16.4. The van der Waals surface area contributed by atoms with Crippen molar-refractivity contribution in [2.24, 2.45) is 7.05 Å². The van der Waals surface area contributed by atoms with Crippen LogP contribution in [0, 0.1) is 5.82 Å². The van der Waals surface area contributed by atoms with Gasteiger partial charge >= 0.3 is 0 Å². The Morgan fingerprint density at radius 3 is 2.96 bits per heavy atom. The van der Waals surface area contributed by atoms with Gasteiger partial charge in [0.2, 0.25) is 0 Å². The van der Waals surface area contributed by atoms with Crippen LogP contribution in [0.25, 0.3) is 16.7 Å². The molecule has 2 aromatic heterocycles. The Morgan fingerprint density at radius 2 is 2.21 bits per heavy atom. The number of nitrogens with zero attached hydrogens (tertiary/aromatic N) is 5. The number of benzene rings is 1. The predicted octanol–water partition coefficient (Wildman–Crippen LogP) is 2.44. The van der Waals surface area contributed by atoms with Crippen LogP contribution in [0.15, 0.2) is 34.7 Å². The van der Waals surface area contributed by atoms with E-state index >= 15 is 0 Å². The van der Waals surface area contributed by atoms with Gasteiger partial charge in [-0.05, 0) is 12.1 Å². The quantitative estimate of drug-likeness (QED) is 0.705. The zero-order valence-electron chi connectivity index (χ0n) is 12.3. The van der Waals surface area contributed by atoms with Gasteiger partial charge in [0.25, 0.3) is 5.56 Å². The number of rotatable bonds is 4. The summed E-state index contributed by atoms with van der Waals surface area (Å²) in [6.45, 7) is 0.135. The number of aryl methyl sites for hydroxylation is 1. The van der Waals surface area contributed by atoms with E-state index in [4.69, 9.17) is 27.9 Å². The van der Waals surface area contributed by atoms with Crippen molar-refractivity contribution >= 4 is 34.2 Å². The third kappa shape index (κ3) is 2.85. The molecule has 0 aliphatic rings. The fraction of sp³-hybridized carbons (Fsp3) is 0.143. The second-order valence-electron chi connectivity index (χ2n) is 4.72. The summed E-state index contributed by atoms with van der Waals surface area (Å²) in [6.07, 6.45) is 2.88.